The number of hydrogen-bond acceptors (Lipinski definition) is 4. The normalized spacial score (nSPS) is 11.9. The molecule has 0 aromatic heterocycles. The predicted octanol–water partition coefficient (Wildman–Crippen LogP) is 6.43. The second-order valence-corrected chi connectivity index (χ2v) is 13.6. The molecule has 44 heavy (non-hydrogen) atoms. The molecule has 1 unspecified atom stereocenters. The molecule has 0 aliphatic heterocycles. The maximum absolute atomic E-state index is 14.5. The van der Waals surface area contributed by atoms with Gasteiger partial charge in [-0.2, -0.15) is 0 Å². The molecule has 0 spiro atoms. The number of hydrogen-bond donors (Lipinski definition) is 1. The van der Waals surface area contributed by atoms with Gasteiger partial charge in [-0.15, -0.1) is 0 Å². The summed E-state index contributed by atoms with van der Waals surface area (Å²) in [5, 5.41) is 2.96. The zero-order valence-electron chi connectivity index (χ0n) is 25.2. The number of aryl methyl sites for hydroxylation is 2. The molecule has 4 aromatic carbocycles. The highest BCUT2D eigenvalue weighted by Crippen LogP contribution is 2.26. The Balaban J connectivity index is 1.79. The smallest absolute Gasteiger partial charge is 0.264 e. The van der Waals surface area contributed by atoms with Crippen LogP contribution in [0.2, 0.25) is 0 Å². The molecule has 0 radical (unpaired) electrons. The number of benzene rings is 4. The third-order valence-electron chi connectivity index (χ3n) is 7.27. The average Bonchev–Trinajstić information content (AvgIpc) is 3.01. The Bertz CT molecular complexity index is 1660. The van der Waals surface area contributed by atoms with Crippen LogP contribution in [0.1, 0.15) is 35.6 Å². The van der Waals surface area contributed by atoms with Crippen LogP contribution in [0.3, 0.4) is 0 Å². The quantitative estimate of drug-likeness (QED) is 0.177. The van der Waals surface area contributed by atoms with Crippen molar-refractivity contribution in [3.63, 3.8) is 0 Å². The van der Waals surface area contributed by atoms with E-state index in [2.05, 4.69) is 21.2 Å². The Kier molecular flexibility index (Phi) is 11.4. The fourth-order valence-electron chi connectivity index (χ4n) is 4.83. The number of anilines is 1. The van der Waals surface area contributed by atoms with Crippen LogP contribution in [-0.4, -0.2) is 44.3 Å². The minimum Gasteiger partial charge on any atom is -0.354 e. The van der Waals surface area contributed by atoms with Crippen molar-refractivity contribution in [3.05, 3.63) is 130 Å². The summed E-state index contributed by atoms with van der Waals surface area (Å²) >= 11 is 3.51. The minimum absolute atomic E-state index is 0.0801. The number of carbonyl (C=O) groups is 2. The molecule has 4 aromatic rings. The second-order valence-electron chi connectivity index (χ2n) is 10.8. The monoisotopic (exact) mass is 675 g/mol. The molecular weight excluding hydrogens is 638 g/mol. The fraction of sp³-hybridized carbons (Fsp3) is 0.257. The van der Waals surface area contributed by atoms with Crippen LogP contribution in [0.5, 0.6) is 0 Å². The van der Waals surface area contributed by atoms with Gasteiger partial charge >= 0.3 is 0 Å². The van der Waals surface area contributed by atoms with Crippen LogP contribution in [-0.2, 0) is 32.6 Å². The highest BCUT2D eigenvalue weighted by molar-refractivity contribution is 9.10. The highest BCUT2D eigenvalue weighted by Gasteiger charge is 2.34. The summed E-state index contributed by atoms with van der Waals surface area (Å²) in [5.74, 6) is -0.781. The molecule has 0 heterocycles. The average molecular weight is 677 g/mol. The molecule has 0 aliphatic rings. The molecule has 1 atom stereocenters. The molecule has 2 amide bonds. The van der Waals surface area contributed by atoms with Gasteiger partial charge in [0, 0.05) is 24.0 Å². The van der Waals surface area contributed by atoms with Crippen LogP contribution in [0.15, 0.2) is 112 Å². The maximum atomic E-state index is 14.5. The van der Waals surface area contributed by atoms with E-state index in [9.17, 15) is 18.0 Å². The molecule has 230 valence electrons. The van der Waals surface area contributed by atoms with Gasteiger partial charge < -0.3 is 10.2 Å². The van der Waals surface area contributed by atoms with Crippen molar-refractivity contribution in [2.24, 2.45) is 0 Å². The van der Waals surface area contributed by atoms with Crippen molar-refractivity contribution in [2.75, 3.05) is 17.4 Å². The first-order chi connectivity index (χ1) is 21.1. The Morgan fingerprint density at radius 1 is 0.818 bits per heavy atom. The molecule has 0 saturated carbocycles. The lowest BCUT2D eigenvalue weighted by Crippen LogP contribution is -2.53. The van der Waals surface area contributed by atoms with E-state index in [0.29, 0.717) is 12.2 Å². The molecule has 1 N–H and O–H groups in total. The van der Waals surface area contributed by atoms with E-state index in [0.717, 1.165) is 37.5 Å². The van der Waals surface area contributed by atoms with E-state index in [1.807, 2.05) is 87.5 Å². The van der Waals surface area contributed by atoms with Crippen LogP contribution in [0, 0.1) is 13.8 Å². The second kappa shape index (κ2) is 15.2. The molecule has 9 heteroatoms. The summed E-state index contributed by atoms with van der Waals surface area (Å²) in [6, 6.07) is 29.8. The molecule has 0 fully saturated rings. The van der Waals surface area contributed by atoms with Gasteiger partial charge in [-0.25, -0.2) is 8.42 Å². The number of amides is 2. The summed E-state index contributed by atoms with van der Waals surface area (Å²) in [5.41, 5.74) is 3.93. The number of rotatable bonds is 13. The van der Waals surface area contributed by atoms with Crippen molar-refractivity contribution in [2.45, 2.75) is 51.1 Å². The van der Waals surface area contributed by atoms with E-state index in [1.54, 1.807) is 36.4 Å². The molecule has 4 rings (SSSR count). The Hall–Kier alpha value is -3.95. The van der Waals surface area contributed by atoms with Crippen LogP contribution in [0.25, 0.3) is 0 Å². The molecule has 0 aliphatic carbocycles. The zero-order chi connectivity index (χ0) is 31.7. The lowest BCUT2D eigenvalue weighted by atomic mass is 10.0. The maximum Gasteiger partial charge on any atom is 0.264 e. The van der Waals surface area contributed by atoms with Gasteiger partial charge in [0.2, 0.25) is 11.8 Å². The molecule has 0 saturated heterocycles. The number of sulfonamides is 1. The van der Waals surface area contributed by atoms with Crippen molar-refractivity contribution in [1.82, 2.24) is 10.2 Å². The summed E-state index contributed by atoms with van der Waals surface area (Å²) in [6.07, 6.45) is 1.00. The summed E-state index contributed by atoms with van der Waals surface area (Å²) in [4.78, 5) is 29.7. The standard InChI is InChI=1S/C35H38BrN3O4S/c1-4-21-37-35(41)33(23-28-9-6-5-7-10-28)38(24-29-11-8-12-30(36)22-29)34(40)25-39(31-17-13-26(2)14-18-31)44(42,43)32-19-15-27(3)16-20-32/h5-20,22,33H,4,21,23-25H2,1-3H3,(H,37,41). The topological polar surface area (TPSA) is 86.8 Å². The zero-order valence-corrected chi connectivity index (χ0v) is 27.6. The number of carbonyl (C=O) groups excluding carboxylic acids is 2. The Labute approximate surface area is 269 Å². The van der Waals surface area contributed by atoms with E-state index < -0.39 is 28.5 Å². The van der Waals surface area contributed by atoms with Gasteiger partial charge in [0.05, 0.1) is 10.6 Å². The minimum atomic E-state index is -4.13. The fourth-order valence-corrected chi connectivity index (χ4v) is 6.69. The first kappa shape index (κ1) is 33.0. The lowest BCUT2D eigenvalue weighted by Gasteiger charge is -2.34. The van der Waals surface area contributed by atoms with Crippen LogP contribution >= 0.6 is 15.9 Å². The van der Waals surface area contributed by atoms with Gasteiger partial charge in [-0.05, 0) is 67.8 Å². The lowest BCUT2D eigenvalue weighted by molar-refractivity contribution is -0.140. The van der Waals surface area contributed by atoms with Gasteiger partial charge in [0.25, 0.3) is 10.0 Å². The van der Waals surface area contributed by atoms with Crippen LogP contribution < -0.4 is 9.62 Å². The first-order valence-electron chi connectivity index (χ1n) is 14.6. The number of halogens is 1. The van der Waals surface area contributed by atoms with Crippen LogP contribution in [0.4, 0.5) is 5.69 Å². The first-order valence-corrected chi connectivity index (χ1v) is 16.8. The Morgan fingerprint density at radius 2 is 1.43 bits per heavy atom. The molecular formula is C35H38BrN3O4S. The van der Waals surface area contributed by atoms with E-state index in [-0.39, 0.29) is 23.8 Å². The van der Waals surface area contributed by atoms with Gasteiger partial charge in [-0.3, -0.25) is 13.9 Å². The molecule has 7 nitrogen and oxygen atoms in total. The predicted molar refractivity (Wildman–Crippen MR) is 179 cm³/mol. The van der Waals surface area contributed by atoms with Gasteiger partial charge in [0.1, 0.15) is 12.6 Å². The summed E-state index contributed by atoms with van der Waals surface area (Å²) in [6.45, 7) is 5.85. The van der Waals surface area contributed by atoms with E-state index >= 15 is 0 Å². The van der Waals surface area contributed by atoms with E-state index in [1.165, 1.54) is 4.90 Å². The largest absolute Gasteiger partial charge is 0.354 e. The summed E-state index contributed by atoms with van der Waals surface area (Å²) < 4.78 is 30.2. The summed E-state index contributed by atoms with van der Waals surface area (Å²) in [7, 11) is -4.13. The third kappa shape index (κ3) is 8.57. The number of nitrogens with one attached hydrogen (secondary N) is 1. The number of nitrogens with zero attached hydrogens (tertiary/aromatic N) is 2. The van der Waals surface area contributed by atoms with Crippen molar-refractivity contribution in [1.29, 1.82) is 0 Å². The van der Waals surface area contributed by atoms with Crippen molar-refractivity contribution < 1.29 is 18.0 Å². The van der Waals surface area contributed by atoms with Crippen molar-refractivity contribution >= 4 is 43.5 Å². The molecule has 0 bridgehead atoms. The van der Waals surface area contributed by atoms with Gasteiger partial charge in [-0.1, -0.05) is 101 Å². The Morgan fingerprint density at radius 3 is 2.05 bits per heavy atom. The van der Waals surface area contributed by atoms with Crippen molar-refractivity contribution in [3.8, 4) is 0 Å². The van der Waals surface area contributed by atoms with Gasteiger partial charge in [0.15, 0.2) is 0 Å². The highest BCUT2D eigenvalue weighted by atomic mass is 79.9. The third-order valence-corrected chi connectivity index (χ3v) is 9.55. The SMILES string of the molecule is CCCNC(=O)C(Cc1ccccc1)N(Cc1cccc(Br)c1)C(=O)CN(c1ccc(C)cc1)S(=O)(=O)c1ccc(C)cc1. The van der Waals surface area contributed by atoms with E-state index in [4.69, 9.17) is 0 Å².